The highest BCUT2D eigenvalue weighted by Gasteiger charge is 2.33. The Labute approximate surface area is 194 Å². The Balaban J connectivity index is 1.28. The summed E-state index contributed by atoms with van der Waals surface area (Å²) >= 11 is 0. The number of carbonyl (C=O) groups excluding carboxylic acids is 3. The number of fused-ring (bicyclic) bond motifs is 1. The molecule has 1 saturated carbocycles. The molecule has 1 atom stereocenters. The van der Waals surface area contributed by atoms with Crippen LogP contribution < -0.4 is 10.6 Å². The van der Waals surface area contributed by atoms with Gasteiger partial charge in [-0.25, -0.2) is 0 Å². The second-order valence-electron chi connectivity index (χ2n) is 9.79. The van der Waals surface area contributed by atoms with Gasteiger partial charge >= 0.3 is 0 Å². The van der Waals surface area contributed by atoms with Crippen molar-refractivity contribution < 1.29 is 14.4 Å². The lowest BCUT2D eigenvalue weighted by atomic mass is 9.87. The first kappa shape index (κ1) is 21.9. The van der Waals surface area contributed by atoms with Crippen LogP contribution in [-0.4, -0.2) is 51.5 Å². The lowest BCUT2D eigenvalue weighted by Gasteiger charge is -2.35. The van der Waals surface area contributed by atoms with Crippen LogP contribution in [0, 0.1) is 5.92 Å². The van der Waals surface area contributed by atoms with Crippen LogP contribution in [0.15, 0.2) is 18.2 Å². The molecular formula is C25H33N5O3. The molecule has 3 aliphatic rings. The van der Waals surface area contributed by atoms with Crippen molar-refractivity contribution in [1.29, 1.82) is 0 Å². The fraction of sp³-hybridized carbons (Fsp3) is 0.600. The van der Waals surface area contributed by atoms with E-state index in [1.54, 1.807) is 0 Å². The van der Waals surface area contributed by atoms with Gasteiger partial charge in [0.05, 0.1) is 22.8 Å². The summed E-state index contributed by atoms with van der Waals surface area (Å²) in [4.78, 5) is 38.9. The zero-order chi connectivity index (χ0) is 22.9. The number of amides is 3. The second kappa shape index (κ2) is 9.15. The number of anilines is 1. The van der Waals surface area contributed by atoms with Crippen LogP contribution in [0.2, 0.25) is 0 Å². The predicted octanol–water partition coefficient (Wildman–Crippen LogP) is 3.08. The van der Waals surface area contributed by atoms with Gasteiger partial charge in [-0.15, -0.1) is 0 Å². The van der Waals surface area contributed by atoms with E-state index in [1.165, 1.54) is 19.3 Å². The molecule has 2 aromatic rings. The van der Waals surface area contributed by atoms with E-state index in [-0.39, 0.29) is 17.7 Å². The number of para-hydroxylation sites is 1. The highest BCUT2D eigenvalue weighted by molar-refractivity contribution is 6.03. The van der Waals surface area contributed by atoms with Gasteiger partial charge in [0, 0.05) is 43.9 Å². The molecular weight excluding hydrogens is 418 g/mol. The topological polar surface area (TPSA) is 96.3 Å². The average molecular weight is 452 g/mol. The third-order valence-corrected chi connectivity index (χ3v) is 7.58. The molecule has 8 nitrogen and oxygen atoms in total. The van der Waals surface area contributed by atoms with Crippen molar-refractivity contribution in [1.82, 2.24) is 20.0 Å². The van der Waals surface area contributed by atoms with Crippen molar-refractivity contribution in [3.05, 3.63) is 23.9 Å². The first-order valence-corrected chi connectivity index (χ1v) is 12.4. The maximum Gasteiger partial charge on any atom is 0.235 e. The van der Waals surface area contributed by atoms with Gasteiger partial charge in [-0.3, -0.25) is 24.4 Å². The lowest BCUT2D eigenvalue weighted by Crippen LogP contribution is -2.45. The molecule has 8 heteroatoms. The number of aromatic nitrogens is 2. The summed E-state index contributed by atoms with van der Waals surface area (Å²) in [7, 11) is 1.90. The van der Waals surface area contributed by atoms with Crippen LogP contribution in [0.1, 0.15) is 69.4 Å². The standard InChI is InChI=1S/C25H33N5O3/c1-29-23-18(22(28-29)19-10-11-21(31)27-24(19)32)8-5-9-20(23)26-17-12-14-30(15-13-17)25(33)16-6-3-2-4-7-16/h5,8-9,16-17,19,26H,2-4,6-7,10-15H2,1H3,(H,27,31,32). The summed E-state index contributed by atoms with van der Waals surface area (Å²) in [5, 5.41) is 11.8. The summed E-state index contributed by atoms with van der Waals surface area (Å²) in [6.45, 7) is 1.60. The molecule has 1 aromatic heterocycles. The summed E-state index contributed by atoms with van der Waals surface area (Å²) in [6.07, 6.45) is 8.41. The number of benzene rings is 1. The number of likely N-dealkylation sites (tertiary alicyclic amines) is 1. The molecule has 2 N–H and O–H groups in total. The number of piperidine rings is 2. The zero-order valence-electron chi connectivity index (χ0n) is 19.3. The van der Waals surface area contributed by atoms with E-state index >= 15 is 0 Å². The number of rotatable bonds is 4. The number of nitrogens with one attached hydrogen (secondary N) is 2. The minimum atomic E-state index is -0.407. The van der Waals surface area contributed by atoms with Crippen LogP contribution in [-0.2, 0) is 21.4 Å². The maximum absolute atomic E-state index is 12.9. The highest BCUT2D eigenvalue weighted by atomic mass is 16.2. The van der Waals surface area contributed by atoms with E-state index in [0.717, 1.165) is 61.1 Å². The second-order valence-corrected chi connectivity index (χ2v) is 9.79. The van der Waals surface area contributed by atoms with Gasteiger partial charge in [0.15, 0.2) is 0 Å². The van der Waals surface area contributed by atoms with Crippen molar-refractivity contribution in [2.24, 2.45) is 13.0 Å². The minimum absolute atomic E-state index is 0.216. The molecule has 3 amide bonds. The van der Waals surface area contributed by atoms with E-state index in [9.17, 15) is 14.4 Å². The molecule has 2 saturated heterocycles. The largest absolute Gasteiger partial charge is 0.380 e. The van der Waals surface area contributed by atoms with E-state index in [0.29, 0.717) is 24.8 Å². The van der Waals surface area contributed by atoms with E-state index in [4.69, 9.17) is 0 Å². The Morgan fingerprint density at radius 1 is 1.06 bits per heavy atom. The van der Waals surface area contributed by atoms with Gasteiger partial charge in [-0.05, 0) is 38.2 Å². The third kappa shape index (κ3) is 4.35. The molecule has 3 fully saturated rings. The number of hydrogen-bond donors (Lipinski definition) is 2. The first-order valence-electron chi connectivity index (χ1n) is 12.4. The summed E-state index contributed by atoms with van der Waals surface area (Å²) < 4.78 is 1.83. The number of imide groups is 1. The molecule has 0 bridgehead atoms. The van der Waals surface area contributed by atoms with Gasteiger partial charge in [-0.2, -0.15) is 5.10 Å². The smallest absolute Gasteiger partial charge is 0.235 e. The van der Waals surface area contributed by atoms with Crippen molar-refractivity contribution >= 4 is 34.3 Å². The molecule has 0 spiro atoms. The summed E-state index contributed by atoms with van der Waals surface area (Å²) in [6, 6.07) is 6.33. The maximum atomic E-state index is 12.9. The van der Waals surface area contributed by atoms with Crippen molar-refractivity contribution in [2.45, 2.75) is 69.7 Å². The van der Waals surface area contributed by atoms with Crippen LogP contribution in [0.5, 0.6) is 0 Å². The van der Waals surface area contributed by atoms with Crippen LogP contribution >= 0.6 is 0 Å². The van der Waals surface area contributed by atoms with Gasteiger partial charge < -0.3 is 10.2 Å². The van der Waals surface area contributed by atoms with E-state index < -0.39 is 5.92 Å². The Bertz CT molecular complexity index is 1060. The monoisotopic (exact) mass is 451 g/mol. The highest BCUT2D eigenvalue weighted by Crippen LogP contribution is 2.34. The molecule has 1 unspecified atom stereocenters. The van der Waals surface area contributed by atoms with Gasteiger partial charge in [0.1, 0.15) is 0 Å². The fourth-order valence-electron chi connectivity index (χ4n) is 5.76. The molecule has 176 valence electrons. The lowest BCUT2D eigenvalue weighted by molar-refractivity contribution is -0.137. The zero-order valence-corrected chi connectivity index (χ0v) is 19.3. The summed E-state index contributed by atoms with van der Waals surface area (Å²) in [5.41, 5.74) is 2.70. The molecule has 33 heavy (non-hydrogen) atoms. The third-order valence-electron chi connectivity index (χ3n) is 7.58. The van der Waals surface area contributed by atoms with Crippen LogP contribution in [0.4, 0.5) is 5.69 Å². The minimum Gasteiger partial charge on any atom is -0.380 e. The molecule has 2 aliphatic heterocycles. The predicted molar refractivity (Wildman–Crippen MR) is 126 cm³/mol. The molecule has 3 heterocycles. The Kier molecular flexibility index (Phi) is 6.08. The van der Waals surface area contributed by atoms with Gasteiger partial charge in [-0.1, -0.05) is 31.4 Å². The molecule has 1 aromatic carbocycles. The van der Waals surface area contributed by atoms with Crippen molar-refractivity contribution in [3.8, 4) is 0 Å². The Morgan fingerprint density at radius 2 is 1.82 bits per heavy atom. The number of nitrogens with zero attached hydrogens (tertiary/aromatic N) is 3. The normalized spacial score (nSPS) is 23.1. The molecule has 1 aliphatic carbocycles. The Hall–Kier alpha value is -2.90. The first-order chi connectivity index (χ1) is 16.0. The number of hydrogen-bond acceptors (Lipinski definition) is 5. The van der Waals surface area contributed by atoms with E-state index in [1.807, 2.05) is 23.9 Å². The number of aryl methyl sites for hydroxylation is 1. The summed E-state index contributed by atoms with van der Waals surface area (Å²) in [5.74, 6) is -0.296. The van der Waals surface area contributed by atoms with E-state index in [2.05, 4.69) is 26.7 Å². The van der Waals surface area contributed by atoms with Gasteiger partial charge in [0.2, 0.25) is 17.7 Å². The Morgan fingerprint density at radius 3 is 2.55 bits per heavy atom. The average Bonchev–Trinajstić information content (AvgIpc) is 3.17. The quantitative estimate of drug-likeness (QED) is 0.697. The van der Waals surface area contributed by atoms with Crippen LogP contribution in [0.3, 0.4) is 0 Å². The molecule has 5 rings (SSSR count). The van der Waals surface area contributed by atoms with Crippen molar-refractivity contribution in [2.75, 3.05) is 18.4 Å². The SMILES string of the molecule is Cn1nc(C2CCC(=O)NC2=O)c2cccc(NC3CCN(C(=O)C4CCCCC4)CC3)c21. The molecule has 0 radical (unpaired) electrons. The fourth-order valence-corrected chi connectivity index (χ4v) is 5.76. The van der Waals surface area contributed by atoms with Crippen LogP contribution in [0.25, 0.3) is 10.9 Å². The van der Waals surface area contributed by atoms with Gasteiger partial charge in [0.25, 0.3) is 0 Å². The van der Waals surface area contributed by atoms with Crippen molar-refractivity contribution in [3.63, 3.8) is 0 Å². The number of carbonyl (C=O) groups is 3.